The first-order valence-electron chi connectivity index (χ1n) is 6.81. The summed E-state index contributed by atoms with van der Waals surface area (Å²) in [7, 11) is 0. The maximum Gasteiger partial charge on any atom is 0.415 e. The number of unbranched alkanes of at least 4 members (excludes halogenated alkanes) is 1. The number of hydrogen-bond acceptors (Lipinski definition) is 2. The van der Waals surface area contributed by atoms with E-state index in [1.165, 1.54) is 0 Å². The van der Waals surface area contributed by atoms with Gasteiger partial charge in [-0.3, -0.25) is 4.90 Å². The molecule has 0 aliphatic carbocycles. The van der Waals surface area contributed by atoms with Gasteiger partial charge in [0.15, 0.2) is 0 Å². The predicted molar refractivity (Wildman–Crippen MR) is 78.3 cm³/mol. The van der Waals surface area contributed by atoms with Crippen molar-refractivity contribution in [2.24, 2.45) is 0 Å². The second kappa shape index (κ2) is 5.47. The average Bonchev–Trinajstić information content (AvgIpc) is 2.38. The van der Waals surface area contributed by atoms with Crippen LogP contribution in [0.4, 0.5) is 10.5 Å². The molecule has 0 fully saturated rings. The fourth-order valence-electron chi connectivity index (χ4n) is 2.21. The number of fused-ring (bicyclic) bond motifs is 1. The summed E-state index contributed by atoms with van der Waals surface area (Å²) < 4.78 is 5.37. The summed E-state index contributed by atoms with van der Waals surface area (Å²) in [4.78, 5) is 14.1. The molecule has 0 aromatic heterocycles. The molecule has 0 atom stereocenters. The Hall–Kier alpha value is -1.77. The molecule has 0 radical (unpaired) electrons. The summed E-state index contributed by atoms with van der Waals surface area (Å²) in [6.45, 7) is 6.59. The minimum Gasteiger partial charge on any atom is -0.449 e. The lowest BCUT2D eigenvalue weighted by molar-refractivity contribution is 0.147. The van der Waals surface area contributed by atoms with Crippen LogP contribution in [0, 0.1) is 0 Å². The molecule has 102 valence electrons. The Labute approximate surface area is 114 Å². The van der Waals surface area contributed by atoms with Crippen LogP contribution in [-0.2, 0) is 4.74 Å². The number of carbonyl (C=O) groups is 1. The van der Waals surface area contributed by atoms with Crippen molar-refractivity contribution >= 4 is 17.9 Å². The quantitative estimate of drug-likeness (QED) is 0.760. The number of nitrogens with zero attached hydrogens (tertiary/aromatic N) is 1. The Morgan fingerprint density at radius 1 is 1.32 bits per heavy atom. The third kappa shape index (κ3) is 2.80. The highest BCUT2D eigenvalue weighted by molar-refractivity contribution is 5.94. The monoisotopic (exact) mass is 259 g/mol. The number of para-hydroxylation sites is 1. The van der Waals surface area contributed by atoms with E-state index >= 15 is 0 Å². The van der Waals surface area contributed by atoms with Crippen LogP contribution >= 0.6 is 0 Å². The van der Waals surface area contributed by atoms with Crippen LogP contribution < -0.4 is 4.90 Å². The molecule has 0 unspecified atom stereocenters. The third-order valence-corrected chi connectivity index (χ3v) is 3.33. The molecule has 0 saturated heterocycles. The zero-order valence-electron chi connectivity index (χ0n) is 11.8. The number of rotatable bonds is 3. The number of carbonyl (C=O) groups excluding carboxylic acids is 1. The lowest BCUT2D eigenvalue weighted by Gasteiger charge is -2.39. The van der Waals surface area contributed by atoms with E-state index in [0.717, 1.165) is 24.1 Å². The second-order valence-electron chi connectivity index (χ2n) is 5.35. The van der Waals surface area contributed by atoms with Crippen molar-refractivity contribution in [3.05, 3.63) is 35.9 Å². The Morgan fingerprint density at radius 3 is 2.79 bits per heavy atom. The fraction of sp³-hybridized carbons (Fsp3) is 0.438. The van der Waals surface area contributed by atoms with E-state index < -0.39 is 0 Å². The third-order valence-electron chi connectivity index (χ3n) is 3.33. The van der Waals surface area contributed by atoms with E-state index in [1.807, 2.05) is 44.2 Å². The number of ether oxygens (including phenoxy) is 1. The van der Waals surface area contributed by atoms with Crippen molar-refractivity contribution in [2.75, 3.05) is 11.5 Å². The number of hydrogen-bond donors (Lipinski definition) is 0. The Bertz CT molecular complexity index is 491. The predicted octanol–water partition coefficient (Wildman–Crippen LogP) is 4.24. The van der Waals surface area contributed by atoms with Gasteiger partial charge in [-0.1, -0.05) is 43.7 Å². The summed E-state index contributed by atoms with van der Waals surface area (Å²) in [5.74, 6) is 0. The fourth-order valence-corrected chi connectivity index (χ4v) is 2.21. The number of anilines is 1. The van der Waals surface area contributed by atoms with Crippen molar-refractivity contribution < 1.29 is 9.53 Å². The zero-order valence-corrected chi connectivity index (χ0v) is 11.8. The lowest BCUT2D eigenvalue weighted by Crippen LogP contribution is -2.48. The topological polar surface area (TPSA) is 29.5 Å². The summed E-state index contributed by atoms with van der Waals surface area (Å²) in [5.41, 5.74) is 1.60. The molecule has 1 aromatic carbocycles. The van der Waals surface area contributed by atoms with Gasteiger partial charge >= 0.3 is 6.09 Å². The maximum atomic E-state index is 12.3. The molecular weight excluding hydrogens is 238 g/mol. The molecule has 19 heavy (non-hydrogen) atoms. The summed E-state index contributed by atoms with van der Waals surface area (Å²) in [5, 5.41) is 0. The van der Waals surface area contributed by atoms with E-state index in [9.17, 15) is 4.79 Å². The van der Waals surface area contributed by atoms with Crippen molar-refractivity contribution in [1.82, 2.24) is 0 Å². The molecule has 0 saturated carbocycles. The van der Waals surface area contributed by atoms with Crippen LogP contribution in [0.15, 0.2) is 30.3 Å². The van der Waals surface area contributed by atoms with Crippen molar-refractivity contribution in [3.63, 3.8) is 0 Å². The summed E-state index contributed by atoms with van der Waals surface area (Å²) in [6.07, 6.45) is 5.75. The van der Waals surface area contributed by atoms with Crippen LogP contribution in [0.1, 0.15) is 39.2 Å². The first kappa shape index (κ1) is 13.7. The maximum absolute atomic E-state index is 12.3. The zero-order chi connectivity index (χ0) is 13.9. The highest BCUT2D eigenvalue weighted by atomic mass is 16.6. The molecule has 3 heteroatoms. The van der Waals surface area contributed by atoms with Crippen molar-refractivity contribution in [3.8, 4) is 0 Å². The van der Waals surface area contributed by atoms with E-state index in [4.69, 9.17) is 4.74 Å². The molecule has 1 amide bonds. The molecule has 0 bridgehead atoms. The average molecular weight is 259 g/mol. The second-order valence-corrected chi connectivity index (χ2v) is 5.35. The van der Waals surface area contributed by atoms with Crippen LogP contribution in [-0.4, -0.2) is 18.2 Å². The molecule has 1 heterocycles. The SMILES string of the molecule is CCCCOC(=O)N1c2ccccc2C=CC1(C)C. The van der Waals surface area contributed by atoms with Gasteiger partial charge in [-0.15, -0.1) is 0 Å². The standard InChI is InChI=1S/C16H21NO2/c1-4-5-12-19-15(18)17-14-9-7-6-8-13(14)10-11-16(17,2)3/h6-11H,4-5,12H2,1-3H3. The minimum absolute atomic E-state index is 0.268. The Balaban J connectivity index is 2.26. The van der Waals surface area contributed by atoms with Gasteiger partial charge in [0.05, 0.1) is 17.8 Å². The molecule has 0 N–H and O–H groups in total. The normalized spacial score (nSPS) is 16.1. The molecule has 3 nitrogen and oxygen atoms in total. The van der Waals surface area contributed by atoms with Gasteiger partial charge in [0, 0.05) is 0 Å². The van der Waals surface area contributed by atoms with E-state index in [1.54, 1.807) is 4.90 Å². The van der Waals surface area contributed by atoms with Gasteiger partial charge in [0.25, 0.3) is 0 Å². The first-order chi connectivity index (χ1) is 9.06. The first-order valence-corrected chi connectivity index (χ1v) is 6.81. The smallest absolute Gasteiger partial charge is 0.415 e. The molecule has 2 rings (SSSR count). The van der Waals surface area contributed by atoms with Crippen LogP contribution in [0.3, 0.4) is 0 Å². The highest BCUT2D eigenvalue weighted by Gasteiger charge is 2.34. The largest absolute Gasteiger partial charge is 0.449 e. The van der Waals surface area contributed by atoms with Crippen LogP contribution in [0.25, 0.3) is 6.08 Å². The van der Waals surface area contributed by atoms with Gasteiger partial charge in [-0.25, -0.2) is 4.79 Å². The van der Waals surface area contributed by atoms with Crippen LogP contribution in [0.5, 0.6) is 0 Å². The number of benzene rings is 1. The van der Waals surface area contributed by atoms with Crippen molar-refractivity contribution in [1.29, 1.82) is 0 Å². The minimum atomic E-state index is -0.363. The summed E-state index contributed by atoms with van der Waals surface area (Å²) >= 11 is 0. The Morgan fingerprint density at radius 2 is 2.05 bits per heavy atom. The van der Waals surface area contributed by atoms with Gasteiger partial charge in [0.2, 0.25) is 0 Å². The molecule has 1 aromatic rings. The van der Waals surface area contributed by atoms with E-state index in [0.29, 0.717) is 6.61 Å². The number of amides is 1. The van der Waals surface area contributed by atoms with Gasteiger partial charge < -0.3 is 4.74 Å². The van der Waals surface area contributed by atoms with Crippen LogP contribution in [0.2, 0.25) is 0 Å². The van der Waals surface area contributed by atoms with Gasteiger partial charge in [-0.2, -0.15) is 0 Å². The summed E-state index contributed by atoms with van der Waals surface area (Å²) in [6, 6.07) is 7.89. The lowest BCUT2D eigenvalue weighted by atomic mass is 9.94. The molecular formula is C16H21NO2. The molecule has 1 aliphatic rings. The van der Waals surface area contributed by atoms with E-state index in [2.05, 4.69) is 13.0 Å². The van der Waals surface area contributed by atoms with Gasteiger partial charge in [-0.05, 0) is 31.9 Å². The molecule has 0 spiro atoms. The van der Waals surface area contributed by atoms with E-state index in [-0.39, 0.29) is 11.6 Å². The van der Waals surface area contributed by atoms with Gasteiger partial charge in [0.1, 0.15) is 0 Å². The van der Waals surface area contributed by atoms with Crippen molar-refractivity contribution in [2.45, 2.75) is 39.2 Å². The Kier molecular flexibility index (Phi) is 3.93. The molecule has 1 aliphatic heterocycles. The highest BCUT2D eigenvalue weighted by Crippen LogP contribution is 2.34.